The molecule has 4 nitrogen and oxygen atoms in total. The summed E-state index contributed by atoms with van der Waals surface area (Å²) in [6.07, 6.45) is 1.58. The molecule has 0 N–H and O–H groups in total. The van der Waals surface area contributed by atoms with Crippen LogP contribution in [0.2, 0.25) is 0 Å². The van der Waals surface area contributed by atoms with E-state index in [9.17, 15) is 9.59 Å². The van der Waals surface area contributed by atoms with Gasteiger partial charge in [-0.3, -0.25) is 9.59 Å². The fourth-order valence-electron chi connectivity index (χ4n) is 3.82. The van der Waals surface area contributed by atoms with Crippen LogP contribution in [-0.4, -0.2) is 16.6 Å². The largest absolute Gasteiger partial charge is 0.437 e. The highest BCUT2D eigenvalue weighted by Gasteiger charge is 2.33. The summed E-state index contributed by atoms with van der Waals surface area (Å²) >= 11 is 1.40. The standard InChI is InChI=1S/C25H13NO3S/c27-23-17-10-15-8-4-5-9-16(15)11-18(17)24(28)19(23)12-22-26-25-21(30-22)13-20(29-25)14-6-2-1-3-7-14/h1-13H. The van der Waals surface area contributed by atoms with Crippen LogP contribution in [0.3, 0.4) is 0 Å². The highest BCUT2D eigenvalue weighted by molar-refractivity contribution is 7.19. The van der Waals surface area contributed by atoms with Crippen LogP contribution in [0.25, 0.3) is 38.6 Å². The minimum absolute atomic E-state index is 0.153. The van der Waals surface area contributed by atoms with E-state index in [1.807, 2.05) is 60.7 Å². The van der Waals surface area contributed by atoms with Gasteiger partial charge in [0, 0.05) is 22.8 Å². The van der Waals surface area contributed by atoms with Crippen LogP contribution in [-0.2, 0) is 0 Å². The van der Waals surface area contributed by atoms with Crippen molar-refractivity contribution >= 4 is 50.2 Å². The van der Waals surface area contributed by atoms with Crippen molar-refractivity contribution < 1.29 is 14.0 Å². The summed E-state index contributed by atoms with van der Waals surface area (Å²) in [4.78, 5) is 30.3. The molecule has 0 radical (unpaired) electrons. The summed E-state index contributed by atoms with van der Waals surface area (Å²) in [5.74, 6) is 0.241. The smallest absolute Gasteiger partial charge is 0.238 e. The Morgan fingerprint density at radius 1 is 0.800 bits per heavy atom. The molecule has 6 rings (SSSR count). The minimum atomic E-state index is -0.252. The van der Waals surface area contributed by atoms with Crippen molar-refractivity contribution in [3.8, 4) is 11.3 Å². The van der Waals surface area contributed by atoms with Crippen molar-refractivity contribution in [2.45, 2.75) is 0 Å². The lowest BCUT2D eigenvalue weighted by Gasteiger charge is -2.00. The van der Waals surface area contributed by atoms with Crippen molar-refractivity contribution in [2.75, 3.05) is 0 Å². The summed E-state index contributed by atoms with van der Waals surface area (Å²) in [6, 6.07) is 23.0. The lowest BCUT2D eigenvalue weighted by atomic mass is 10.0. The summed E-state index contributed by atoms with van der Waals surface area (Å²) in [7, 11) is 0. The Morgan fingerprint density at radius 2 is 1.43 bits per heavy atom. The van der Waals surface area contributed by atoms with Gasteiger partial charge >= 0.3 is 0 Å². The van der Waals surface area contributed by atoms with Crippen LogP contribution in [0.4, 0.5) is 0 Å². The van der Waals surface area contributed by atoms with Crippen molar-refractivity contribution in [1.82, 2.24) is 4.98 Å². The minimum Gasteiger partial charge on any atom is -0.437 e. The van der Waals surface area contributed by atoms with E-state index in [1.165, 1.54) is 11.3 Å². The molecule has 1 aliphatic carbocycles. The van der Waals surface area contributed by atoms with Crippen LogP contribution in [0, 0.1) is 0 Å². The topological polar surface area (TPSA) is 60.2 Å². The molecule has 1 aliphatic rings. The van der Waals surface area contributed by atoms with Gasteiger partial charge in [0.2, 0.25) is 5.71 Å². The monoisotopic (exact) mass is 407 g/mol. The number of carbonyl (C=O) groups is 2. The molecule has 2 heterocycles. The summed E-state index contributed by atoms with van der Waals surface area (Å²) in [5, 5.41) is 2.47. The predicted molar refractivity (Wildman–Crippen MR) is 118 cm³/mol. The number of nitrogens with zero attached hydrogens (tertiary/aromatic N) is 1. The second kappa shape index (κ2) is 6.34. The molecule has 0 saturated carbocycles. The van der Waals surface area contributed by atoms with Gasteiger partial charge in [0.05, 0.1) is 10.3 Å². The maximum Gasteiger partial charge on any atom is 0.238 e. The average molecular weight is 407 g/mol. The van der Waals surface area contributed by atoms with Crippen molar-refractivity contribution in [3.63, 3.8) is 0 Å². The second-order valence-electron chi connectivity index (χ2n) is 7.16. The normalized spacial score (nSPS) is 13.4. The number of allylic oxidation sites excluding steroid dienone is 1. The van der Waals surface area contributed by atoms with E-state index in [4.69, 9.17) is 4.42 Å². The number of ketones is 2. The molecule has 142 valence electrons. The predicted octanol–water partition coefficient (Wildman–Crippen LogP) is 6.17. The lowest BCUT2D eigenvalue weighted by Crippen LogP contribution is -2.00. The third kappa shape index (κ3) is 2.56. The number of Topliss-reactive ketones (excluding diaryl/α,β-unsaturated/α-hetero) is 2. The van der Waals surface area contributed by atoms with Gasteiger partial charge < -0.3 is 4.42 Å². The molecule has 5 heteroatoms. The van der Waals surface area contributed by atoms with E-state index in [0.29, 0.717) is 21.8 Å². The van der Waals surface area contributed by atoms with E-state index in [2.05, 4.69) is 4.98 Å². The third-order valence-electron chi connectivity index (χ3n) is 5.30. The summed E-state index contributed by atoms with van der Waals surface area (Å²) < 4.78 is 6.74. The van der Waals surface area contributed by atoms with E-state index >= 15 is 0 Å². The number of fused-ring (bicyclic) bond motifs is 3. The van der Waals surface area contributed by atoms with Crippen LogP contribution >= 0.6 is 11.3 Å². The molecular weight excluding hydrogens is 394 g/mol. The zero-order chi connectivity index (χ0) is 20.2. The first kappa shape index (κ1) is 17.1. The average Bonchev–Trinajstić information content (AvgIpc) is 3.41. The van der Waals surface area contributed by atoms with Crippen molar-refractivity contribution in [3.05, 3.63) is 94.5 Å². The Morgan fingerprint density at radius 3 is 2.07 bits per heavy atom. The third-order valence-corrected chi connectivity index (χ3v) is 6.23. The number of hydrogen-bond donors (Lipinski definition) is 0. The number of benzene rings is 3. The zero-order valence-electron chi connectivity index (χ0n) is 15.6. The first-order valence-electron chi connectivity index (χ1n) is 9.47. The van der Waals surface area contributed by atoms with E-state index in [-0.39, 0.29) is 17.1 Å². The molecule has 0 aliphatic heterocycles. The molecule has 0 unspecified atom stereocenters. The molecule has 0 amide bonds. The molecule has 0 saturated heterocycles. The van der Waals surface area contributed by atoms with E-state index in [1.54, 1.807) is 18.2 Å². The van der Waals surface area contributed by atoms with Gasteiger partial charge in [-0.1, -0.05) is 54.6 Å². The van der Waals surface area contributed by atoms with Gasteiger partial charge in [-0.25, -0.2) is 4.98 Å². The SMILES string of the molecule is O=C1C(=Cc2nc3oc(-c4ccccc4)cc3s2)C(=O)c2cc3ccccc3cc21. The second-order valence-corrected chi connectivity index (χ2v) is 8.22. The fourth-order valence-corrected chi connectivity index (χ4v) is 4.69. The molecule has 0 atom stereocenters. The molecular formula is C25H13NO3S. The fraction of sp³-hybridized carbons (Fsp3) is 0. The van der Waals surface area contributed by atoms with Crippen LogP contribution in [0.15, 0.2) is 82.8 Å². The van der Waals surface area contributed by atoms with Gasteiger partial charge in [-0.05, 0) is 29.0 Å². The first-order chi connectivity index (χ1) is 14.7. The number of carbonyl (C=O) groups excluding carboxylic acids is 2. The number of furan rings is 1. The highest BCUT2D eigenvalue weighted by atomic mass is 32.1. The van der Waals surface area contributed by atoms with Crippen LogP contribution < -0.4 is 0 Å². The van der Waals surface area contributed by atoms with Crippen LogP contribution in [0.5, 0.6) is 0 Å². The quantitative estimate of drug-likeness (QED) is 0.259. The van der Waals surface area contributed by atoms with Crippen molar-refractivity contribution in [2.24, 2.45) is 0 Å². The lowest BCUT2D eigenvalue weighted by molar-refractivity contribution is 0.0990. The van der Waals surface area contributed by atoms with Gasteiger partial charge in [0.25, 0.3) is 0 Å². The van der Waals surface area contributed by atoms with Crippen LogP contribution in [0.1, 0.15) is 25.7 Å². The Bertz CT molecular complexity index is 1430. The maximum atomic E-state index is 12.9. The Hall–Kier alpha value is -3.83. The van der Waals surface area contributed by atoms with Gasteiger partial charge in [-0.15, -0.1) is 11.3 Å². The van der Waals surface area contributed by atoms with Crippen molar-refractivity contribution in [1.29, 1.82) is 0 Å². The number of rotatable bonds is 2. The highest BCUT2D eigenvalue weighted by Crippen LogP contribution is 2.35. The number of hydrogen-bond acceptors (Lipinski definition) is 5. The number of thiazole rings is 1. The zero-order valence-corrected chi connectivity index (χ0v) is 16.4. The summed E-state index contributed by atoms with van der Waals surface area (Å²) in [5.41, 5.74) is 2.55. The Labute approximate surface area is 175 Å². The molecule has 0 spiro atoms. The maximum absolute atomic E-state index is 12.9. The summed E-state index contributed by atoms with van der Waals surface area (Å²) in [6.45, 7) is 0. The van der Waals surface area contributed by atoms with E-state index in [0.717, 1.165) is 26.8 Å². The molecule has 3 aromatic carbocycles. The molecule has 2 aromatic heterocycles. The molecule has 0 fully saturated rings. The Balaban J connectivity index is 1.39. The van der Waals surface area contributed by atoms with E-state index < -0.39 is 0 Å². The molecule has 0 bridgehead atoms. The van der Waals surface area contributed by atoms with Gasteiger partial charge in [0.1, 0.15) is 10.8 Å². The number of aromatic nitrogens is 1. The molecule has 30 heavy (non-hydrogen) atoms. The Kier molecular flexibility index (Phi) is 3.60. The van der Waals surface area contributed by atoms with Gasteiger partial charge in [-0.2, -0.15) is 0 Å². The van der Waals surface area contributed by atoms with Gasteiger partial charge in [0.15, 0.2) is 11.6 Å². The first-order valence-corrected chi connectivity index (χ1v) is 10.3. The molecule has 5 aromatic rings.